The van der Waals surface area contributed by atoms with Crippen molar-refractivity contribution in [3.63, 3.8) is 0 Å². The summed E-state index contributed by atoms with van der Waals surface area (Å²) in [6.45, 7) is 8.14. The van der Waals surface area contributed by atoms with E-state index in [1.807, 2.05) is 54.6 Å². The van der Waals surface area contributed by atoms with Crippen LogP contribution in [0.4, 0.5) is 5.69 Å². The van der Waals surface area contributed by atoms with Crippen LogP contribution >= 0.6 is 0 Å². The van der Waals surface area contributed by atoms with Crippen LogP contribution in [0.2, 0.25) is 0 Å². The van der Waals surface area contributed by atoms with Gasteiger partial charge in [0.25, 0.3) is 0 Å². The predicted molar refractivity (Wildman–Crippen MR) is 106 cm³/mol. The topological polar surface area (TPSA) is 68.0 Å². The minimum atomic E-state index is -0.283. The van der Waals surface area contributed by atoms with E-state index in [1.165, 1.54) is 0 Å². The van der Waals surface area contributed by atoms with Crippen molar-refractivity contribution in [3.05, 3.63) is 77.5 Å². The van der Waals surface area contributed by atoms with Crippen molar-refractivity contribution in [1.29, 1.82) is 0 Å². The molecule has 0 fully saturated rings. The molecule has 0 spiro atoms. The third-order valence-corrected chi connectivity index (χ3v) is 4.44. The molecule has 0 aliphatic carbocycles. The average molecular weight is 363 g/mol. The standard InChI is InChI=1S/C22H25N3O2/c1-15-24-25-21(27-15)17(16-10-6-5-7-11-16)14-20(26)23-19-13-9-8-12-18(19)22(2,3)4/h5-13,17H,14H2,1-4H3,(H,23,26). The van der Waals surface area contributed by atoms with E-state index in [0.717, 1.165) is 16.8 Å². The van der Waals surface area contributed by atoms with E-state index in [0.29, 0.717) is 11.8 Å². The van der Waals surface area contributed by atoms with Crippen LogP contribution in [0.25, 0.3) is 0 Å². The van der Waals surface area contributed by atoms with E-state index in [1.54, 1.807) is 6.92 Å². The lowest BCUT2D eigenvalue weighted by atomic mass is 9.85. The number of rotatable bonds is 5. The lowest BCUT2D eigenvalue weighted by Gasteiger charge is -2.23. The summed E-state index contributed by atoms with van der Waals surface area (Å²) in [7, 11) is 0. The van der Waals surface area contributed by atoms with Crippen LogP contribution in [0, 0.1) is 6.92 Å². The highest BCUT2D eigenvalue weighted by Crippen LogP contribution is 2.31. The summed E-state index contributed by atoms with van der Waals surface area (Å²) in [5.41, 5.74) is 2.85. The summed E-state index contributed by atoms with van der Waals surface area (Å²) in [6.07, 6.45) is 0.226. The number of carbonyl (C=O) groups excluding carboxylic acids is 1. The van der Waals surface area contributed by atoms with Crippen LogP contribution < -0.4 is 5.32 Å². The minimum Gasteiger partial charge on any atom is -0.425 e. The van der Waals surface area contributed by atoms with Gasteiger partial charge in [-0.3, -0.25) is 4.79 Å². The van der Waals surface area contributed by atoms with Gasteiger partial charge in [-0.15, -0.1) is 10.2 Å². The third-order valence-electron chi connectivity index (χ3n) is 4.44. The maximum absolute atomic E-state index is 12.9. The highest BCUT2D eigenvalue weighted by Gasteiger charge is 2.25. The maximum Gasteiger partial charge on any atom is 0.225 e. The van der Waals surface area contributed by atoms with Crippen molar-refractivity contribution >= 4 is 11.6 Å². The zero-order valence-corrected chi connectivity index (χ0v) is 16.2. The van der Waals surface area contributed by atoms with Crippen LogP contribution in [0.1, 0.15) is 56.0 Å². The number of aromatic nitrogens is 2. The summed E-state index contributed by atoms with van der Waals surface area (Å²) >= 11 is 0. The van der Waals surface area contributed by atoms with Gasteiger partial charge in [0.1, 0.15) is 0 Å². The fraction of sp³-hybridized carbons (Fsp3) is 0.318. The molecule has 0 aliphatic heterocycles. The highest BCUT2D eigenvalue weighted by molar-refractivity contribution is 5.92. The number of amides is 1. The number of nitrogens with one attached hydrogen (secondary N) is 1. The molecule has 0 aliphatic rings. The lowest BCUT2D eigenvalue weighted by Crippen LogP contribution is -2.20. The van der Waals surface area contributed by atoms with Crippen molar-refractivity contribution < 1.29 is 9.21 Å². The van der Waals surface area contributed by atoms with Gasteiger partial charge in [-0.25, -0.2) is 0 Å². The number of benzene rings is 2. The molecule has 1 heterocycles. The van der Waals surface area contributed by atoms with Gasteiger partial charge in [0.15, 0.2) is 0 Å². The number of anilines is 1. The van der Waals surface area contributed by atoms with Crippen LogP contribution in [-0.2, 0) is 10.2 Å². The first kappa shape index (κ1) is 18.8. The Kier molecular flexibility index (Phi) is 5.40. The second-order valence-corrected chi connectivity index (χ2v) is 7.67. The van der Waals surface area contributed by atoms with Crippen molar-refractivity contribution in [2.75, 3.05) is 5.32 Å². The molecule has 5 heteroatoms. The van der Waals surface area contributed by atoms with Gasteiger partial charge < -0.3 is 9.73 Å². The van der Waals surface area contributed by atoms with E-state index in [4.69, 9.17) is 4.42 Å². The Morgan fingerprint density at radius 3 is 2.33 bits per heavy atom. The van der Waals surface area contributed by atoms with Gasteiger partial charge in [0.05, 0.1) is 5.92 Å². The molecule has 0 saturated heterocycles. The molecule has 2 aromatic carbocycles. The Bertz CT molecular complexity index is 911. The van der Waals surface area contributed by atoms with Crippen molar-refractivity contribution in [1.82, 2.24) is 10.2 Å². The first-order chi connectivity index (χ1) is 12.8. The fourth-order valence-electron chi connectivity index (χ4n) is 3.12. The molecular formula is C22H25N3O2. The molecule has 3 rings (SSSR count). The average Bonchev–Trinajstić information content (AvgIpc) is 3.06. The molecule has 0 saturated carbocycles. The molecule has 1 aromatic heterocycles. The molecular weight excluding hydrogens is 338 g/mol. The van der Waals surface area contributed by atoms with E-state index in [-0.39, 0.29) is 23.7 Å². The molecule has 1 atom stereocenters. The molecule has 27 heavy (non-hydrogen) atoms. The van der Waals surface area contributed by atoms with Crippen molar-refractivity contribution in [2.45, 2.75) is 45.4 Å². The fourth-order valence-corrected chi connectivity index (χ4v) is 3.12. The highest BCUT2D eigenvalue weighted by atomic mass is 16.4. The monoisotopic (exact) mass is 363 g/mol. The molecule has 0 radical (unpaired) electrons. The summed E-state index contributed by atoms with van der Waals surface area (Å²) < 4.78 is 5.63. The first-order valence-electron chi connectivity index (χ1n) is 9.09. The number of aryl methyl sites for hydroxylation is 1. The van der Waals surface area contributed by atoms with Gasteiger partial charge in [0, 0.05) is 19.0 Å². The molecule has 1 unspecified atom stereocenters. The molecule has 140 valence electrons. The van der Waals surface area contributed by atoms with E-state index in [2.05, 4.69) is 36.3 Å². The third kappa shape index (κ3) is 4.61. The van der Waals surface area contributed by atoms with Crippen LogP contribution in [0.15, 0.2) is 59.0 Å². The minimum absolute atomic E-state index is 0.0632. The lowest BCUT2D eigenvalue weighted by molar-refractivity contribution is -0.116. The molecule has 3 aromatic rings. The van der Waals surface area contributed by atoms with Gasteiger partial charge in [0.2, 0.25) is 17.7 Å². The largest absolute Gasteiger partial charge is 0.425 e. The Hall–Kier alpha value is -2.95. The van der Waals surface area contributed by atoms with Crippen LogP contribution in [-0.4, -0.2) is 16.1 Å². The first-order valence-corrected chi connectivity index (χ1v) is 9.09. The predicted octanol–water partition coefficient (Wildman–Crippen LogP) is 4.84. The molecule has 0 bridgehead atoms. The Morgan fingerprint density at radius 2 is 1.70 bits per heavy atom. The zero-order chi connectivity index (χ0) is 19.4. The van der Waals surface area contributed by atoms with Gasteiger partial charge in [-0.05, 0) is 22.6 Å². The number of hydrogen-bond donors (Lipinski definition) is 1. The molecule has 1 amide bonds. The quantitative estimate of drug-likeness (QED) is 0.704. The number of nitrogens with zero attached hydrogens (tertiary/aromatic N) is 2. The smallest absolute Gasteiger partial charge is 0.225 e. The Balaban J connectivity index is 1.84. The van der Waals surface area contributed by atoms with Crippen molar-refractivity contribution in [2.24, 2.45) is 0 Å². The van der Waals surface area contributed by atoms with E-state index in [9.17, 15) is 4.79 Å². The normalized spacial score (nSPS) is 12.6. The SMILES string of the molecule is Cc1nnc(C(CC(=O)Nc2ccccc2C(C)(C)C)c2ccccc2)o1. The number of hydrogen-bond acceptors (Lipinski definition) is 4. The number of carbonyl (C=O) groups is 1. The van der Waals surface area contributed by atoms with E-state index >= 15 is 0 Å². The second-order valence-electron chi connectivity index (χ2n) is 7.67. The Morgan fingerprint density at radius 1 is 1.04 bits per heavy atom. The maximum atomic E-state index is 12.9. The molecule has 5 nitrogen and oxygen atoms in total. The number of para-hydroxylation sites is 1. The van der Waals surface area contributed by atoms with Crippen molar-refractivity contribution in [3.8, 4) is 0 Å². The second kappa shape index (κ2) is 7.74. The van der Waals surface area contributed by atoms with Gasteiger partial charge in [-0.2, -0.15) is 0 Å². The molecule has 1 N–H and O–H groups in total. The van der Waals surface area contributed by atoms with Gasteiger partial charge >= 0.3 is 0 Å². The van der Waals surface area contributed by atoms with Gasteiger partial charge in [-0.1, -0.05) is 69.3 Å². The zero-order valence-electron chi connectivity index (χ0n) is 16.2. The summed E-state index contributed by atoms with van der Waals surface area (Å²) in [4.78, 5) is 12.9. The van der Waals surface area contributed by atoms with Crippen LogP contribution in [0.3, 0.4) is 0 Å². The summed E-state index contributed by atoms with van der Waals surface area (Å²) in [5.74, 6) is 0.577. The summed E-state index contributed by atoms with van der Waals surface area (Å²) in [5, 5.41) is 11.1. The van der Waals surface area contributed by atoms with E-state index < -0.39 is 0 Å². The Labute approximate surface area is 159 Å². The van der Waals surface area contributed by atoms with Crippen LogP contribution in [0.5, 0.6) is 0 Å². The summed E-state index contributed by atoms with van der Waals surface area (Å²) in [6, 6.07) is 17.7.